The summed E-state index contributed by atoms with van der Waals surface area (Å²) in [5, 5.41) is 8.71. The quantitative estimate of drug-likeness (QED) is 0.789. The van der Waals surface area contributed by atoms with Gasteiger partial charge in [-0.1, -0.05) is 46.1 Å². The third-order valence-electron chi connectivity index (χ3n) is 2.35. The lowest BCUT2D eigenvalue weighted by Crippen LogP contribution is -2.36. The third kappa shape index (κ3) is 4.08. The van der Waals surface area contributed by atoms with E-state index in [1.807, 2.05) is 0 Å². The Morgan fingerprint density at radius 2 is 1.85 bits per heavy atom. The minimum atomic E-state index is -4.07. The van der Waals surface area contributed by atoms with E-state index in [-0.39, 0.29) is 21.5 Å². The molecule has 0 fully saturated rings. The van der Waals surface area contributed by atoms with Crippen LogP contribution in [0.25, 0.3) is 0 Å². The first-order chi connectivity index (χ1) is 9.20. The maximum atomic E-state index is 12.5. The fraction of sp³-hybridized carbons (Fsp3) is 0.364. The van der Waals surface area contributed by atoms with Gasteiger partial charge in [-0.15, -0.1) is 0 Å². The number of aliphatic carboxylic acids is 1. The van der Waals surface area contributed by atoms with Crippen LogP contribution in [-0.2, 0) is 14.8 Å². The van der Waals surface area contributed by atoms with Gasteiger partial charge in [0.2, 0.25) is 10.0 Å². The van der Waals surface area contributed by atoms with Crippen LogP contribution in [0.5, 0.6) is 0 Å². The van der Waals surface area contributed by atoms with Gasteiger partial charge in [-0.2, -0.15) is 4.31 Å². The summed E-state index contributed by atoms with van der Waals surface area (Å²) in [6, 6.07) is 2.79. The van der Waals surface area contributed by atoms with Gasteiger partial charge in [-0.3, -0.25) is 4.79 Å². The molecule has 0 radical (unpaired) electrons. The van der Waals surface area contributed by atoms with Crippen LogP contribution < -0.4 is 0 Å². The van der Waals surface area contributed by atoms with Gasteiger partial charge in [0, 0.05) is 11.0 Å². The smallest absolute Gasteiger partial charge is 0.318 e. The van der Waals surface area contributed by atoms with E-state index in [0.717, 1.165) is 4.31 Å². The summed E-state index contributed by atoms with van der Waals surface area (Å²) in [5.41, 5.74) is 0. The van der Waals surface area contributed by atoms with Gasteiger partial charge in [0.25, 0.3) is 0 Å². The fourth-order valence-electron chi connectivity index (χ4n) is 1.59. The van der Waals surface area contributed by atoms with Crippen molar-refractivity contribution >= 4 is 55.1 Å². The Hall–Kier alpha value is -0.340. The Morgan fingerprint density at radius 3 is 2.25 bits per heavy atom. The summed E-state index contributed by atoms with van der Waals surface area (Å²) >= 11 is 15.0. The van der Waals surface area contributed by atoms with Crippen LogP contribution in [0.2, 0.25) is 10.0 Å². The Kier molecular flexibility index (Phi) is 6.27. The molecule has 5 nitrogen and oxygen atoms in total. The minimum absolute atomic E-state index is 0.0594. The molecular weight excluding hydrogens is 393 g/mol. The highest BCUT2D eigenvalue weighted by Gasteiger charge is 2.30. The third-order valence-corrected chi connectivity index (χ3v) is 5.57. The highest BCUT2D eigenvalue weighted by molar-refractivity contribution is 9.10. The number of benzene rings is 1. The SMILES string of the molecule is CCCN(CC(=O)O)S(=O)(=O)c1c(Cl)cc(Br)cc1Cl. The summed E-state index contributed by atoms with van der Waals surface area (Å²) in [4.78, 5) is 10.5. The molecule has 20 heavy (non-hydrogen) atoms. The number of hydrogen-bond acceptors (Lipinski definition) is 3. The van der Waals surface area contributed by atoms with Crippen LogP contribution in [0.1, 0.15) is 13.3 Å². The molecule has 1 N–H and O–H groups in total. The Morgan fingerprint density at radius 1 is 1.35 bits per heavy atom. The molecule has 0 aliphatic carbocycles. The highest BCUT2D eigenvalue weighted by Crippen LogP contribution is 2.34. The lowest BCUT2D eigenvalue weighted by Gasteiger charge is -2.21. The summed E-state index contributed by atoms with van der Waals surface area (Å²) in [6.07, 6.45) is 0.471. The normalized spacial score (nSPS) is 11.8. The molecule has 0 spiro atoms. The number of halogens is 3. The van der Waals surface area contributed by atoms with Crippen LogP contribution in [0, 0.1) is 0 Å². The molecule has 0 unspecified atom stereocenters. The Bertz CT molecular complexity index is 598. The van der Waals surface area contributed by atoms with Crippen molar-refractivity contribution < 1.29 is 18.3 Å². The second kappa shape index (κ2) is 7.09. The number of hydrogen-bond donors (Lipinski definition) is 1. The van der Waals surface area contributed by atoms with E-state index in [1.165, 1.54) is 12.1 Å². The van der Waals surface area contributed by atoms with Gasteiger partial charge in [0.05, 0.1) is 10.0 Å². The monoisotopic (exact) mass is 403 g/mol. The van der Waals surface area contributed by atoms with E-state index in [0.29, 0.717) is 10.9 Å². The van der Waals surface area contributed by atoms with E-state index in [4.69, 9.17) is 28.3 Å². The van der Waals surface area contributed by atoms with Crippen LogP contribution in [-0.4, -0.2) is 36.9 Å². The van der Waals surface area contributed by atoms with E-state index in [1.54, 1.807) is 6.92 Å². The molecule has 112 valence electrons. The van der Waals surface area contributed by atoms with Crippen LogP contribution in [0.4, 0.5) is 0 Å². The van der Waals surface area contributed by atoms with Gasteiger partial charge < -0.3 is 5.11 Å². The Labute approximate surface area is 135 Å². The molecule has 0 bridgehead atoms. The molecule has 0 saturated heterocycles. The standard InChI is InChI=1S/C11H12BrCl2NO4S/c1-2-3-15(6-10(16)17)20(18,19)11-8(13)4-7(12)5-9(11)14/h4-5H,2-3,6H2,1H3,(H,16,17). The first-order valence-electron chi connectivity index (χ1n) is 5.56. The zero-order valence-electron chi connectivity index (χ0n) is 10.4. The van der Waals surface area contributed by atoms with Crippen LogP contribution in [0.3, 0.4) is 0 Å². The molecule has 1 rings (SSSR count). The molecule has 0 amide bonds. The van der Waals surface area contributed by atoms with Crippen molar-refractivity contribution in [3.05, 3.63) is 26.7 Å². The number of carboxylic acids is 1. The number of carbonyl (C=O) groups is 1. The van der Waals surface area contributed by atoms with Crippen molar-refractivity contribution in [2.24, 2.45) is 0 Å². The zero-order chi connectivity index (χ0) is 15.5. The topological polar surface area (TPSA) is 74.7 Å². The second-order valence-electron chi connectivity index (χ2n) is 3.93. The van der Waals surface area contributed by atoms with E-state index in [2.05, 4.69) is 15.9 Å². The highest BCUT2D eigenvalue weighted by atomic mass is 79.9. The Balaban J connectivity index is 3.37. The first-order valence-corrected chi connectivity index (χ1v) is 8.55. The zero-order valence-corrected chi connectivity index (χ0v) is 14.4. The predicted molar refractivity (Wildman–Crippen MR) is 80.8 cm³/mol. The lowest BCUT2D eigenvalue weighted by atomic mass is 10.4. The van der Waals surface area contributed by atoms with Crippen molar-refractivity contribution in [3.8, 4) is 0 Å². The van der Waals surface area contributed by atoms with Crippen molar-refractivity contribution in [1.82, 2.24) is 4.31 Å². The van der Waals surface area contributed by atoms with Gasteiger partial charge in [-0.25, -0.2) is 8.42 Å². The molecule has 0 heterocycles. The summed E-state index contributed by atoms with van der Waals surface area (Å²) < 4.78 is 26.4. The fourth-order valence-corrected chi connectivity index (χ4v) is 4.95. The molecule has 1 aromatic rings. The van der Waals surface area contributed by atoms with E-state index < -0.39 is 22.5 Å². The predicted octanol–water partition coefficient (Wildman–Crippen LogP) is 3.24. The van der Waals surface area contributed by atoms with E-state index in [9.17, 15) is 13.2 Å². The van der Waals surface area contributed by atoms with Gasteiger partial charge in [0.15, 0.2) is 0 Å². The molecule has 0 saturated carbocycles. The summed E-state index contributed by atoms with van der Waals surface area (Å²) in [5.74, 6) is -1.24. The van der Waals surface area contributed by atoms with Gasteiger partial charge in [0.1, 0.15) is 11.4 Å². The van der Waals surface area contributed by atoms with Gasteiger partial charge in [-0.05, 0) is 18.6 Å². The molecule has 9 heteroatoms. The first kappa shape index (κ1) is 17.7. The molecule has 1 aromatic carbocycles. The molecule has 0 atom stereocenters. The van der Waals surface area contributed by atoms with Crippen molar-refractivity contribution in [1.29, 1.82) is 0 Å². The van der Waals surface area contributed by atoms with Gasteiger partial charge >= 0.3 is 5.97 Å². The summed E-state index contributed by atoms with van der Waals surface area (Å²) in [6.45, 7) is 1.17. The largest absolute Gasteiger partial charge is 0.480 e. The van der Waals surface area contributed by atoms with Crippen LogP contribution >= 0.6 is 39.1 Å². The lowest BCUT2D eigenvalue weighted by molar-refractivity contribution is -0.137. The van der Waals surface area contributed by atoms with Crippen molar-refractivity contribution in [3.63, 3.8) is 0 Å². The number of rotatable bonds is 6. The average molecular weight is 405 g/mol. The van der Waals surface area contributed by atoms with E-state index >= 15 is 0 Å². The maximum Gasteiger partial charge on any atom is 0.318 e. The molecule has 0 aromatic heterocycles. The van der Waals surface area contributed by atoms with Crippen LogP contribution in [0.15, 0.2) is 21.5 Å². The number of nitrogens with zero attached hydrogens (tertiary/aromatic N) is 1. The maximum absolute atomic E-state index is 12.5. The average Bonchev–Trinajstić information content (AvgIpc) is 2.25. The number of carboxylic acid groups (broad SMARTS) is 1. The number of sulfonamides is 1. The summed E-state index contributed by atoms with van der Waals surface area (Å²) in [7, 11) is -4.07. The van der Waals surface area contributed by atoms with Crippen molar-refractivity contribution in [2.45, 2.75) is 18.2 Å². The second-order valence-corrected chi connectivity index (χ2v) is 7.54. The molecule has 0 aliphatic rings. The minimum Gasteiger partial charge on any atom is -0.480 e. The molecule has 0 aliphatic heterocycles. The molecular formula is C11H12BrCl2NO4S. The van der Waals surface area contributed by atoms with Crippen molar-refractivity contribution in [2.75, 3.05) is 13.1 Å².